The van der Waals surface area contributed by atoms with Gasteiger partial charge in [-0.15, -0.1) is 0 Å². The molecule has 1 aliphatic rings. The van der Waals surface area contributed by atoms with E-state index in [1.807, 2.05) is 39.0 Å². The van der Waals surface area contributed by atoms with Crippen LogP contribution in [0.15, 0.2) is 43.0 Å². The molecule has 0 spiro atoms. The number of halogens is 1. The van der Waals surface area contributed by atoms with Crippen LogP contribution in [-0.4, -0.2) is 5.91 Å². The fourth-order valence-corrected chi connectivity index (χ4v) is 2.91. The summed E-state index contributed by atoms with van der Waals surface area (Å²) in [7, 11) is 0. The molecule has 0 bridgehead atoms. The van der Waals surface area contributed by atoms with E-state index in [9.17, 15) is 9.18 Å². The van der Waals surface area contributed by atoms with Gasteiger partial charge >= 0.3 is 0 Å². The average molecular weight is 295 g/mol. The number of rotatable bonds is 2. The smallest absolute Gasteiger partial charge is 0.241 e. The van der Waals surface area contributed by atoms with Crippen LogP contribution in [0.4, 0.5) is 15.8 Å². The quantitative estimate of drug-likeness (QED) is 0.784. The molecule has 0 aromatic heterocycles. The maximum atomic E-state index is 14.3. The van der Waals surface area contributed by atoms with Crippen molar-refractivity contribution < 1.29 is 9.18 Å². The molecule has 3 rings (SSSR count). The van der Waals surface area contributed by atoms with Gasteiger partial charge in [-0.3, -0.25) is 9.69 Å². The lowest BCUT2D eigenvalue weighted by Crippen LogP contribution is -2.33. The van der Waals surface area contributed by atoms with Crippen LogP contribution in [0.5, 0.6) is 0 Å². The van der Waals surface area contributed by atoms with Gasteiger partial charge in [-0.1, -0.05) is 24.8 Å². The zero-order valence-corrected chi connectivity index (χ0v) is 13.0. The van der Waals surface area contributed by atoms with Crippen LogP contribution in [0.2, 0.25) is 0 Å². The third kappa shape index (κ3) is 1.97. The molecule has 2 nitrogen and oxygen atoms in total. The van der Waals surface area contributed by atoms with Crippen molar-refractivity contribution in [2.45, 2.75) is 26.2 Å². The zero-order chi connectivity index (χ0) is 16.1. The van der Waals surface area contributed by atoms with E-state index in [0.29, 0.717) is 5.69 Å². The molecule has 2 aromatic rings. The maximum absolute atomic E-state index is 14.3. The molecule has 2 aromatic carbocycles. The molecule has 0 saturated heterocycles. The summed E-state index contributed by atoms with van der Waals surface area (Å²) in [6, 6.07) is 10.5. The molecule has 0 saturated carbocycles. The third-order valence-corrected chi connectivity index (χ3v) is 4.25. The van der Waals surface area contributed by atoms with Gasteiger partial charge in [-0.2, -0.15) is 0 Å². The molecule has 0 fully saturated rings. The van der Waals surface area contributed by atoms with Gasteiger partial charge in [0.05, 0.1) is 16.8 Å². The van der Waals surface area contributed by atoms with Gasteiger partial charge in [0.1, 0.15) is 5.82 Å². The normalized spacial score (nSPS) is 15.8. The molecule has 3 heteroatoms. The Labute approximate surface area is 129 Å². The lowest BCUT2D eigenvalue weighted by molar-refractivity contribution is -0.121. The highest BCUT2D eigenvalue weighted by atomic mass is 19.1. The first kappa shape index (κ1) is 14.5. The molecular formula is C19H18FNO. The first-order valence-electron chi connectivity index (χ1n) is 7.24. The summed E-state index contributed by atoms with van der Waals surface area (Å²) in [6.07, 6.45) is 1.75. The molecule has 1 amide bonds. The Morgan fingerprint density at radius 2 is 1.86 bits per heavy atom. The highest BCUT2D eigenvalue weighted by Crippen LogP contribution is 2.46. The molecule has 0 N–H and O–H groups in total. The van der Waals surface area contributed by atoms with Gasteiger partial charge in [0.25, 0.3) is 0 Å². The average Bonchev–Trinajstić information content (AvgIpc) is 2.69. The number of hydrogen-bond donors (Lipinski definition) is 0. The minimum atomic E-state index is -0.690. The number of aryl methyl sites for hydroxylation is 1. The van der Waals surface area contributed by atoms with Crippen LogP contribution in [-0.2, 0) is 10.2 Å². The van der Waals surface area contributed by atoms with Gasteiger partial charge in [0, 0.05) is 0 Å². The number of carbonyl (C=O) groups is 1. The number of hydrogen-bond acceptors (Lipinski definition) is 1. The minimum Gasteiger partial charge on any atom is -0.277 e. The fraction of sp³-hybridized carbons (Fsp3) is 0.211. The maximum Gasteiger partial charge on any atom is 0.241 e. The Balaban J connectivity index is 2.25. The monoisotopic (exact) mass is 295 g/mol. The largest absolute Gasteiger partial charge is 0.277 e. The number of fused-ring (bicyclic) bond motifs is 1. The van der Waals surface area contributed by atoms with Gasteiger partial charge < -0.3 is 0 Å². The van der Waals surface area contributed by atoms with E-state index in [2.05, 4.69) is 6.58 Å². The topological polar surface area (TPSA) is 20.3 Å². The Hall–Kier alpha value is -2.42. The summed E-state index contributed by atoms with van der Waals surface area (Å²) in [5.74, 6) is -0.511. The first-order valence-corrected chi connectivity index (χ1v) is 7.24. The van der Waals surface area contributed by atoms with Gasteiger partial charge in [0.2, 0.25) is 5.91 Å². The second-order valence-corrected chi connectivity index (χ2v) is 6.20. The fourth-order valence-electron chi connectivity index (χ4n) is 2.91. The van der Waals surface area contributed by atoms with Crippen molar-refractivity contribution in [2.24, 2.45) is 0 Å². The summed E-state index contributed by atoms with van der Waals surface area (Å²) in [4.78, 5) is 14.4. The molecule has 22 heavy (non-hydrogen) atoms. The SMILES string of the molecule is C=Cc1ccc2c(c1)C(C)(C)C(=O)N2c1cc(C)ccc1F. The Morgan fingerprint density at radius 1 is 1.14 bits per heavy atom. The number of nitrogens with zero attached hydrogens (tertiary/aromatic N) is 1. The molecule has 0 atom stereocenters. The zero-order valence-electron chi connectivity index (χ0n) is 13.0. The van der Waals surface area contributed by atoms with E-state index < -0.39 is 11.2 Å². The standard InChI is InChI=1S/C19H18FNO/c1-5-13-7-9-16-14(11-13)19(3,4)18(22)21(16)17-10-12(2)6-8-15(17)20/h5-11H,1H2,2-4H3. The van der Waals surface area contributed by atoms with Gasteiger partial charge in [0.15, 0.2) is 0 Å². The molecule has 1 aliphatic heterocycles. The summed E-state index contributed by atoms with van der Waals surface area (Å²) in [5, 5.41) is 0. The van der Waals surface area contributed by atoms with Crippen molar-refractivity contribution in [2.75, 3.05) is 4.90 Å². The second kappa shape index (κ2) is 4.80. The summed E-state index contributed by atoms with van der Waals surface area (Å²) in [6.45, 7) is 9.39. The predicted molar refractivity (Wildman–Crippen MR) is 87.8 cm³/mol. The minimum absolute atomic E-state index is 0.117. The highest BCUT2D eigenvalue weighted by molar-refractivity contribution is 6.12. The van der Waals surface area contributed by atoms with E-state index in [1.165, 1.54) is 11.0 Å². The summed E-state index contributed by atoms with van der Waals surface area (Å²) < 4.78 is 14.3. The number of amides is 1. The van der Waals surface area contributed by atoms with Crippen LogP contribution >= 0.6 is 0 Å². The van der Waals surface area contributed by atoms with Crippen molar-refractivity contribution in [1.29, 1.82) is 0 Å². The molecule has 0 radical (unpaired) electrons. The van der Waals surface area contributed by atoms with E-state index in [-0.39, 0.29) is 5.91 Å². The Bertz CT molecular complexity index is 792. The Kier molecular flexibility index (Phi) is 3.17. The number of anilines is 2. The molecule has 0 aliphatic carbocycles. The van der Waals surface area contributed by atoms with Crippen molar-refractivity contribution in [3.05, 3.63) is 65.5 Å². The Morgan fingerprint density at radius 3 is 2.55 bits per heavy atom. The lowest BCUT2D eigenvalue weighted by Gasteiger charge is -2.21. The third-order valence-electron chi connectivity index (χ3n) is 4.25. The van der Waals surface area contributed by atoms with Gasteiger partial charge in [-0.05, 0) is 61.7 Å². The van der Waals surface area contributed by atoms with Crippen LogP contribution in [0.1, 0.15) is 30.5 Å². The van der Waals surface area contributed by atoms with Crippen LogP contribution in [0.3, 0.4) is 0 Å². The molecule has 112 valence electrons. The van der Waals surface area contributed by atoms with Gasteiger partial charge in [-0.25, -0.2) is 4.39 Å². The van der Waals surface area contributed by atoms with Crippen molar-refractivity contribution in [1.82, 2.24) is 0 Å². The van der Waals surface area contributed by atoms with Crippen molar-refractivity contribution >= 4 is 23.4 Å². The molecule has 1 heterocycles. The molecular weight excluding hydrogens is 277 g/mol. The molecule has 0 unspecified atom stereocenters. The first-order chi connectivity index (χ1) is 10.4. The lowest BCUT2D eigenvalue weighted by atomic mass is 9.85. The van der Waals surface area contributed by atoms with Crippen LogP contribution in [0, 0.1) is 12.7 Å². The number of carbonyl (C=O) groups excluding carboxylic acids is 1. The summed E-state index contributed by atoms with van der Waals surface area (Å²) >= 11 is 0. The van der Waals surface area contributed by atoms with E-state index in [1.54, 1.807) is 18.2 Å². The van der Waals surface area contributed by atoms with E-state index in [4.69, 9.17) is 0 Å². The van der Waals surface area contributed by atoms with E-state index in [0.717, 1.165) is 22.4 Å². The van der Waals surface area contributed by atoms with Crippen LogP contribution < -0.4 is 4.90 Å². The van der Waals surface area contributed by atoms with Crippen molar-refractivity contribution in [3.63, 3.8) is 0 Å². The van der Waals surface area contributed by atoms with Crippen molar-refractivity contribution in [3.8, 4) is 0 Å². The predicted octanol–water partition coefficient (Wildman–Crippen LogP) is 4.73. The number of benzene rings is 2. The second-order valence-electron chi connectivity index (χ2n) is 6.20. The highest BCUT2D eigenvalue weighted by Gasteiger charge is 2.45. The summed E-state index contributed by atoms with van der Waals surface area (Å²) in [5.41, 5.74) is 3.12. The van der Waals surface area contributed by atoms with E-state index >= 15 is 0 Å². The van der Waals surface area contributed by atoms with Crippen LogP contribution in [0.25, 0.3) is 6.08 Å².